The van der Waals surface area contributed by atoms with Gasteiger partial charge >= 0.3 is 5.97 Å². The molecule has 0 aliphatic heterocycles. The van der Waals surface area contributed by atoms with Crippen molar-refractivity contribution in [2.24, 2.45) is 0 Å². The highest BCUT2D eigenvalue weighted by molar-refractivity contribution is 7.17. The molecule has 1 aliphatic carbocycles. The summed E-state index contributed by atoms with van der Waals surface area (Å²) in [5, 5.41) is 3.52. The molecule has 1 aromatic heterocycles. The quantitative estimate of drug-likeness (QED) is 0.460. The van der Waals surface area contributed by atoms with Crippen molar-refractivity contribution >= 4 is 28.2 Å². The third-order valence-corrected chi connectivity index (χ3v) is 6.91. The lowest BCUT2D eigenvalue weighted by molar-refractivity contribution is 0.0601. The lowest BCUT2D eigenvalue weighted by atomic mass is 9.83. The first-order chi connectivity index (χ1) is 15.6. The number of ether oxygens (including phenoxy) is 2. The summed E-state index contributed by atoms with van der Waals surface area (Å²) in [7, 11) is 1.38. The summed E-state index contributed by atoms with van der Waals surface area (Å²) in [4.78, 5) is 26.6. The van der Waals surface area contributed by atoms with Crippen molar-refractivity contribution in [2.75, 3.05) is 19.0 Å². The summed E-state index contributed by atoms with van der Waals surface area (Å²) < 4.78 is 10.6. The second kappa shape index (κ2) is 10.0. The van der Waals surface area contributed by atoms with E-state index < -0.39 is 5.97 Å². The number of carbonyl (C=O) groups excluding carboxylic acids is 2. The molecule has 2 aromatic carbocycles. The maximum atomic E-state index is 12.9. The van der Waals surface area contributed by atoms with Crippen LogP contribution in [0.15, 0.2) is 54.6 Å². The van der Waals surface area contributed by atoms with E-state index in [1.807, 2.05) is 13.0 Å². The average molecular weight is 450 g/mol. The fraction of sp³-hybridized carbons (Fsp3) is 0.308. The van der Waals surface area contributed by atoms with Crippen LogP contribution in [0.25, 0.3) is 0 Å². The third-order valence-electron chi connectivity index (χ3n) is 5.74. The summed E-state index contributed by atoms with van der Waals surface area (Å²) in [6.07, 6.45) is 3.53. The Morgan fingerprint density at radius 1 is 1.09 bits per heavy atom. The van der Waals surface area contributed by atoms with Gasteiger partial charge in [0.05, 0.1) is 19.3 Å². The SMILES string of the molecule is CCCOc1ccc(C(=O)Nc2sc3c(c2C(=O)OC)CCC(c2ccccc2)C3)cc1. The van der Waals surface area contributed by atoms with Gasteiger partial charge in [0.25, 0.3) is 5.91 Å². The number of nitrogens with one attached hydrogen (secondary N) is 1. The van der Waals surface area contributed by atoms with E-state index in [0.29, 0.717) is 28.7 Å². The number of hydrogen-bond donors (Lipinski definition) is 1. The molecule has 1 atom stereocenters. The molecule has 1 heterocycles. The fourth-order valence-electron chi connectivity index (χ4n) is 4.10. The largest absolute Gasteiger partial charge is 0.494 e. The molecular formula is C26H27NO4S. The maximum absolute atomic E-state index is 12.9. The maximum Gasteiger partial charge on any atom is 0.341 e. The van der Waals surface area contributed by atoms with Gasteiger partial charge in [-0.15, -0.1) is 11.3 Å². The molecule has 0 bridgehead atoms. The third kappa shape index (κ3) is 4.70. The van der Waals surface area contributed by atoms with E-state index in [9.17, 15) is 9.59 Å². The minimum atomic E-state index is -0.403. The Morgan fingerprint density at radius 2 is 1.84 bits per heavy atom. The molecule has 0 radical (unpaired) electrons. The molecule has 0 saturated carbocycles. The number of hydrogen-bond acceptors (Lipinski definition) is 5. The second-order valence-electron chi connectivity index (χ2n) is 7.88. The predicted octanol–water partition coefficient (Wildman–Crippen LogP) is 5.85. The molecule has 1 amide bonds. The lowest BCUT2D eigenvalue weighted by Gasteiger charge is -2.22. The summed E-state index contributed by atoms with van der Waals surface area (Å²) >= 11 is 1.48. The number of methoxy groups -OCH3 is 1. The number of benzene rings is 2. The first-order valence-corrected chi connectivity index (χ1v) is 11.7. The highest BCUT2D eigenvalue weighted by Gasteiger charge is 2.30. The van der Waals surface area contributed by atoms with Gasteiger partial charge < -0.3 is 14.8 Å². The molecule has 32 heavy (non-hydrogen) atoms. The van der Waals surface area contributed by atoms with Gasteiger partial charge in [-0.2, -0.15) is 0 Å². The summed E-state index contributed by atoms with van der Waals surface area (Å²) in [6, 6.07) is 17.5. The highest BCUT2D eigenvalue weighted by Crippen LogP contribution is 2.42. The molecule has 1 aliphatic rings. The highest BCUT2D eigenvalue weighted by atomic mass is 32.1. The Hall–Kier alpha value is -3.12. The molecule has 1 N–H and O–H groups in total. The minimum absolute atomic E-state index is 0.254. The minimum Gasteiger partial charge on any atom is -0.494 e. The Labute approximate surface area is 192 Å². The van der Waals surface area contributed by atoms with Gasteiger partial charge in [0, 0.05) is 10.4 Å². The standard InChI is InChI=1S/C26H27NO4S/c1-3-15-31-20-12-9-18(10-13-20)24(28)27-25-23(26(29)30-2)21-14-11-19(16-22(21)32-25)17-7-5-4-6-8-17/h4-10,12-13,19H,3,11,14-16H2,1-2H3,(H,27,28). The topological polar surface area (TPSA) is 64.6 Å². The number of thiophene rings is 1. The Morgan fingerprint density at radius 3 is 2.53 bits per heavy atom. The van der Waals surface area contributed by atoms with E-state index >= 15 is 0 Å². The summed E-state index contributed by atoms with van der Waals surface area (Å²) in [6.45, 7) is 2.68. The molecule has 166 valence electrons. The van der Waals surface area contributed by atoms with E-state index in [4.69, 9.17) is 9.47 Å². The molecule has 5 nitrogen and oxygen atoms in total. The Kier molecular flexibility index (Phi) is 6.90. The fourth-order valence-corrected chi connectivity index (χ4v) is 5.41. The molecule has 4 rings (SSSR count). The van der Waals surface area contributed by atoms with Crippen molar-refractivity contribution in [1.29, 1.82) is 0 Å². The number of fused-ring (bicyclic) bond motifs is 1. The zero-order chi connectivity index (χ0) is 22.5. The average Bonchev–Trinajstić information content (AvgIpc) is 3.20. The van der Waals surface area contributed by atoms with E-state index in [2.05, 4.69) is 29.6 Å². The first kappa shape index (κ1) is 22.1. The number of esters is 1. The van der Waals surface area contributed by atoms with Crippen molar-refractivity contribution in [3.63, 3.8) is 0 Å². The molecule has 0 spiro atoms. The normalized spacial score (nSPS) is 15.0. The molecule has 0 fully saturated rings. The van der Waals surface area contributed by atoms with E-state index in [-0.39, 0.29) is 5.91 Å². The van der Waals surface area contributed by atoms with Gasteiger partial charge in [-0.1, -0.05) is 37.3 Å². The number of rotatable bonds is 7. The molecule has 6 heteroatoms. The number of amides is 1. The van der Waals surface area contributed by atoms with E-state index in [0.717, 1.165) is 41.9 Å². The van der Waals surface area contributed by atoms with Crippen molar-refractivity contribution in [3.05, 3.63) is 81.7 Å². The predicted molar refractivity (Wildman–Crippen MR) is 127 cm³/mol. The molecule has 3 aromatic rings. The van der Waals surface area contributed by atoms with Crippen molar-refractivity contribution in [3.8, 4) is 5.75 Å². The van der Waals surface area contributed by atoms with Crippen LogP contribution in [0.4, 0.5) is 5.00 Å². The van der Waals surface area contributed by atoms with Gasteiger partial charge in [-0.05, 0) is 67.0 Å². The van der Waals surface area contributed by atoms with Crippen LogP contribution in [-0.4, -0.2) is 25.6 Å². The van der Waals surface area contributed by atoms with Gasteiger partial charge in [-0.25, -0.2) is 4.79 Å². The number of anilines is 1. The van der Waals surface area contributed by atoms with Crippen molar-refractivity contribution in [1.82, 2.24) is 0 Å². The number of carbonyl (C=O) groups is 2. The van der Waals surface area contributed by atoms with Crippen LogP contribution in [0.5, 0.6) is 5.75 Å². The monoisotopic (exact) mass is 449 g/mol. The van der Waals surface area contributed by atoms with E-state index in [1.165, 1.54) is 24.0 Å². The second-order valence-corrected chi connectivity index (χ2v) is 8.98. The van der Waals surface area contributed by atoms with Crippen LogP contribution in [0, 0.1) is 0 Å². The van der Waals surface area contributed by atoms with Crippen molar-refractivity contribution < 1.29 is 19.1 Å². The Balaban J connectivity index is 1.57. The van der Waals surface area contributed by atoms with Crippen molar-refractivity contribution in [2.45, 2.75) is 38.5 Å². The summed E-state index contributed by atoms with van der Waals surface area (Å²) in [5.74, 6) is 0.485. The zero-order valence-corrected chi connectivity index (χ0v) is 19.2. The molecular weight excluding hydrogens is 422 g/mol. The van der Waals surface area contributed by atoms with Crippen LogP contribution in [0.2, 0.25) is 0 Å². The van der Waals surface area contributed by atoms with Crippen LogP contribution >= 0.6 is 11.3 Å². The molecule has 0 saturated heterocycles. The van der Waals surface area contributed by atoms with Gasteiger partial charge in [0.2, 0.25) is 0 Å². The van der Waals surface area contributed by atoms with Gasteiger partial charge in [0.1, 0.15) is 10.8 Å². The molecule has 1 unspecified atom stereocenters. The van der Waals surface area contributed by atoms with Gasteiger partial charge in [0.15, 0.2) is 0 Å². The van der Waals surface area contributed by atoms with Crippen LogP contribution in [0.1, 0.15) is 62.4 Å². The smallest absolute Gasteiger partial charge is 0.341 e. The van der Waals surface area contributed by atoms with E-state index in [1.54, 1.807) is 24.3 Å². The van der Waals surface area contributed by atoms with Crippen LogP contribution in [0.3, 0.4) is 0 Å². The lowest BCUT2D eigenvalue weighted by Crippen LogP contribution is -2.16. The Bertz CT molecular complexity index is 1090. The first-order valence-electron chi connectivity index (χ1n) is 10.9. The van der Waals surface area contributed by atoms with Gasteiger partial charge in [-0.3, -0.25) is 4.79 Å². The summed E-state index contributed by atoms with van der Waals surface area (Å²) in [5.41, 5.74) is 3.32. The van der Waals surface area contributed by atoms with Crippen LogP contribution < -0.4 is 10.1 Å². The van der Waals surface area contributed by atoms with Crippen LogP contribution in [-0.2, 0) is 17.6 Å². The zero-order valence-electron chi connectivity index (χ0n) is 18.4.